The quantitative estimate of drug-likeness (QED) is 0.424. The Kier molecular flexibility index (Phi) is 8.36. The Balaban J connectivity index is 1.74. The first-order chi connectivity index (χ1) is 14.9. The number of likely N-dealkylation sites (tertiary alicyclic amines) is 1. The van der Waals surface area contributed by atoms with Gasteiger partial charge in [0.1, 0.15) is 5.82 Å². The number of nitrogens with two attached hydrogens (primary N) is 2. The molecular weight excluding hydrogens is 417 g/mol. The molecule has 0 spiro atoms. The fourth-order valence-corrected chi connectivity index (χ4v) is 4.60. The molecule has 1 aliphatic heterocycles. The van der Waals surface area contributed by atoms with Gasteiger partial charge in [0, 0.05) is 24.8 Å². The fraction of sp³-hybridized carbons (Fsp3) is 0.500. The molecule has 1 aromatic carbocycles. The highest BCUT2D eigenvalue weighted by molar-refractivity contribution is 7.14. The maximum Gasteiger partial charge on any atom is 0.233 e. The van der Waals surface area contributed by atoms with Crippen LogP contribution in [0.5, 0.6) is 0 Å². The molecule has 168 valence electrons. The van der Waals surface area contributed by atoms with Crippen molar-refractivity contribution in [3.63, 3.8) is 0 Å². The lowest BCUT2D eigenvalue weighted by Crippen LogP contribution is -2.29. The van der Waals surface area contributed by atoms with Crippen molar-refractivity contribution in [2.45, 2.75) is 57.9 Å². The number of unbranched alkanes of at least 4 members (excludes halogenated alkanes) is 2. The fourth-order valence-electron chi connectivity index (χ4n) is 3.76. The van der Waals surface area contributed by atoms with Crippen molar-refractivity contribution in [2.75, 3.05) is 23.7 Å². The summed E-state index contributed by atoms with van der Waals surface area (Å²) in [7, 11) is 0. The molecule has 1 saturated heterocycles. The second-order valence-electron chi connectivity index (χ2n) is 7.92. The Morgan fingerprint density at radius 3 is 2.58 bits per heavy atom. The SMILES string of the molecule is NC(=O)CCCCCC(=O)N(c1nc(CN2CCCCC2)cs1)c1ccc(F)cc1N. The monoisotopic (exact) mass is 447 g/mol. The maximum absolute atomic E-state index is 13.6. The van der Waals surface area contributed by atoms with Gasteiger partial charge < -0.3 is 11.5 Å². The van der Waals surface area contributed by atoms with Crippen LogP contribution in [0.4, 0.5) is 20.9 Å². The minimum absolute atomic E-state index is 0.156. The molecule has 31 heavy (non-hydrogen) atoms. The largest absolute Gasteiger partial charge is 0.397 e. The molecule has 0 unspecified atom stereocenters. The van der Waals surface area contributed by atoms with Gasteiger partial charge in [-0.2, -0.15) is 0 Å². The molecule has 9 heteroatoms. The minimum Gasteiger partial charge on any atom is -0.397 e. The Bertz CT molecular complexity index is 898. The molecule has 0 bridgehead atoms. The van der Waals surface area contributed by atoms with Crippen LogP contribution in [0.3, 0.4) is 0 Å². The number of aromatic nitrogens is 1. The van der Waals surface area contributed by atoms with Crippen LogP contribution in [-0.4, -0.2) is 34.8 Å². The number of nitrogens with zero attached hydrogens (tertiary/aromatic N) is 3. The van der Waals surface area contributed by atoms with Crippen molar-refractivity contribution in [2.24, 2.45) is 5.73 Å². The van der Waals surface area contributed by atoms with Crippen molar-refractivity contribution in [1.29, 1.82) is 0 Å². The van der Waals surface area contributed by atoms with Gasteiger partial charge in [-0.05, 0) is 57.0 Å². The molecule has 0 atom stereocenters. The summed E-state index contributed by atoms with van der Waals surface area (Å²) >= 11 is 1.39. The van der Waals surface area contributed by atoms with E-state index in [1.165, 1.54) is 53.7 Å². The number of hydrogen-bond donors (Lipinski definition) is 2. The van der Waals surface area contributed by atoms with Gasteiger partial charge in [0.2, 0.25) is 11.8 Å². The zero-order valence-corrected chi connectivity index (χ0v) is 18.5. The highest BCUT2D eigenvalue weighted by Crippen LogP contribution is 2.34. The first kappa shape index (κ1) is 23.1. The minimum atomic E-state index is -0.454. The lowest BCUT2D eigenvalue weighted by atomic mass is 10.1. The molecule has 2 aromatic rings. The van der Waals surface area contributed by atoms with E-state index >= 15 is 0 Å². The number of nitrogen functional groups attached to an aromatic ring is 1. The van der Waals surface area contributed by atoms with E-state index in [-0.39, 0.29) is 23.9 Å². The summed E-state index contributed by atoms with van der Waals surface area (Å²) < 4.78 is 13.6. The van der Waals surface area contributed by atoms with Crippen molar-refractivity contribution in [1.82, 2.24) is 9.88 Å². The van der Waals surface area contributed by atoms with Gasteiger partial charge in [-0.3, -0.25) is 19.4 Å². The van der Waals surface area contributed by atoms with Crippen molar-refractivity contribution < 1.29 is 14.0 Å². The molecule has 0 radical (unpaired) electrons. The summed E-state index contributed by atoms with van der Waals surface area (Å²) in [6, 6.07) is 4.02. The second kappa shape index (κ2) is 11.2. The highest BCUT2D eigenvalue weighted by atomic mass is 32.1. The molecular formula is C22H30FN5O2S. The predicted octanol–water partition coefficient (Wildman–Crippen LogP) is 3.95. The zero-order valence-electron chi connectivity index (χ0n) is 17.7. The molecule has 1 aromatic heterocycles. The van der Waals surface area contributed by atoms with E-state index in [0.29, 0.717) is 30.1 Å². The average Bonchev–Trinajstić information content (AvgIpc) is 3.18. The summed E-state index contributed by atoms with van der Waals surface area (Å²) in [6.07, 6.45) is 6.25. The van der Waals surface area contributed by atoms with Crippen LogP contribution in [0.15, 0.2) is 23.6 Å². The van der Waals surface area contributed by atoms with Gasteiger partial charge in [-0.1, -0.05) is 12.8 Å². The Hall–Kier alpha value is -2.52. The second-order valence-corrected chi connectivity index (χ2v) is 8.75. The third-order valence-electron chi connectivity index (χ3n) is 5.36. The summed E-state index contributed by atoms with van der Waals surface area (Å²) in [4.78, 5) is 32.6. The van der Waals surface area contributed by atoms with E-state index in [4.69, 9.17) is 16.5 Å². The number of carbonyl (C=O) groups excluding carboxylic acids is 2. The Morgan fingerprint density at radius 1 is 1.13 bits per heavy atom. The first-order valence-corrected chi connectivity index (χ1v) is 11.6. The maximum atomic E-state index is 13.6. The van der Waals surface area contributed by atoms with Crippen LogP contribution in [0.2, 0.25) is 0 Å². The molecule has 3 rings (SSSR count). The first-order valence-electron chi connectivity index (χ1n) is 10.8. The van der Waals surface area contributed by atoms with E-state index in [9.17, 15) is 14.0 Å². The van der Waals surface area contributed by atoms with E-state index in [1.54, 1.807) is 0 Å². The number of halogens is 1. The van der Waals surface area contributed by atoms with Gasteiger partial charge in [0.25, 0.3) is 0 Å². The van der Waals surface area contributed by atoms with Crippen LogP contribution in [0.25, 0.3) is 0 Å². The van der Waals surface area contributed by atoms with Gasteiger partial charge in [-0.15, -0.1) is 11.3 Å². The van der Waals surface area contributed by atoms with E-state index < -0.39 is 5.82 Å². The third-order valence-corrected chi connectivity index (χ3v) is 6.23. The molecule has 2 heterocycles. The van der Waals surface area contributed by atoms with Gasteiger partial charge in [0.05, 0.1) is 17.1 Å². The van der Waals surface area contributed by atoms with Gasteiger partial charge in [0.15, 0.2) is 5.13 Å². The molecule has 2 amide bonds. The Morgan fingerprint density at radius 2 is 1.87 bits per heavy atom. The molecule has 4 N–H and O–H groups in total. The number of piperidine rings is 1. The van der Waals surface area contributed by atoms with Crippen LogP contribution in [0, 0.1) is 5.82 Å². The normalized spacial score (nSPS) is 14.5. The zero-order chi connectivity index (χ0) is 22.2. The molecule has 1 fully saturated rings. The van der Waals surface area contributed by atoms with Crippen LogP contribution < -0.4 is 16.4 Å². The summed E-state index contributed by atoms with van der Waals surface area (Å²) in [5.74, 6) is -0.947. The number of rotatable bonds is 10. The average molecular weight is 448 g/mol. The summed E-state index contributed by atoms with van der Waals surface area (Å²) in [6.45, 7) is 2.88. The summed E-state index contributed by atoms with van der Waals surface area (Å²) in [5.41, 5.74) is 12.8. The van der Waals surface area contributed by atoms with Gasteiger partial charge >= 0.3 is 0 Å². The topological polar surface area (TPSA) is 106 Å². The standard InChI is InChI=1S/C22H30FN5O2S/c23-16-9-10-19(18(24)13-16)28(21(30)8-4-1-3-7-20(25)29)22-26-17(15-31-22)14-27-11-5-2-6-12-27/h9-10,13,15H,1-8,11-12,14,24H2,(H2,25,29). The number of primary amides is 1. The number of anilines is 3. The van der Waals surface area contributed by atoms with Crippen LogP contribution >= 0.6 is 11.3 Å². The number of amides is 2. The number of benzene rings is 1. The number of hydrogen-bond acceptors (Lipinski definition) is 6. The molecule has 0 aliphatic carbocycles. The van der Waals surface area contributed by atoms with Crippen molar-refractivity contribution in [3.8, 4) is 0 Å². The van der Waals surface area contributed by atoms with E-state index in [0.717, 1.165) is 31.7 Å². The smallest absolute Gasteiger partial charge is 0.233 e. The van der Waals surface area contributed by atoms with Crippen LogP contribution in [0.1, 0.15) is 57.1 Å². The number of carbonyl (C=O) groups is 2. The van der Waals surface area contributed by atoms with Gasteiger partial charge in [-0.25, -0.2) is 9.37 Å². The Labute approximate surface area is 186 Å². The molecule has 0 saturated carbocycles. The molecule has 7 nitrogen and oxygen atoms in total. The molecule has 1 aliphatic rings. The van der Waals surface area contributed by atoms with Crippen molar-refractivity contribution >= 4 is 39.7 Å². The van der Waals surface area contributed by atoms with Crippen molar-refractivity contribution in [3.05, 3.63) is 35.1 Å². The lowest BCUT2D eigenvalue weighted by Gasteiger charge is -2.25. The third kappa shape index (κ3) is 6.73. The van der Waals surface area contributed by atoms with E-state index in [2.05, 4.69) is 4.90 Å². The number of thiazole rings is 1. The lowest BCUT2D eigenvalue weighted by molar-refractivity contribution is -0.118. The predicted molar refractivity (Wildman–Crippen MR) is 121 cm³/mol. The van der Waals surface area contributed by atoms with Crippen LogP contribution in [-0.2, 0) is 16.1 Å². The highest BCUT2D eigenvalue weighted by Gasteiger charge is 2.24. The van der Waals surface area contributed by atoms with E-state index in [1.807, 2.05) is 5.38 Å². The summed E-state index contributed by atoms with van der Waals surface area (Å²) in [5, 5.41) is 2.50.